The molecule has 1 N–H and O–H groups in total. The second kappa shape index (κ2) is 4.65. The van der Waals surface area contributed by atoms with Gasteiger partial charge in [-0.05, 0) is 36.3 Å². The molecule has 1 aromatic rings. The number of pyridine rings is 1. The lowest BCUT2D eigenvalue weighted by Crippen LogP contribution is -2.06. The van der Waals surface area contributed by atoms with Gasteiger partial charge >= 0.3 is 0 Å². The van der Waals surface area contributed by atoms with Crippen molar-refractivity contribution < 1.29 is 5.11 Å². The Balaban J connectivity index is 2.68. The standard InChI is InChI=1S/C13H21NO/c1-5-11-12(15)8-10(9-14-11)6-7-13(2,3)4/h8-9,15H,5-7H2,1-4H3. The first kappa shape index (κ1) is 12.0. The Morgan fingerprint density at radius 3 is 2.47 bits per heavy atom. The molecule has 1 rings (SSSR count). The summed E-state index contributed by atoms with van der Waals surface area (Å²) < 4.78 is 0. The van der Waals surface area contributed by atoms with Crippen LogP contribution in [-0.2, 0) is 12.8 Å². The summed E-state index contributed by atoms with van der Waals surface area (Å²) >= 11 is 0. The highest BCUT2D eigenvalue weighted by atomic mass is 16.3. The molecule has 84 valence electrons. The lowest BCUT2D eigenvalue weighted by atomic mass is 9.89. The van der Waals surface area contributed by atoms with Gasteiger partial charge in [0.2, 0.25) is 0 Å². The topological polar surface area (TPSA) is 33.1 Å². The predicted molar refractivity (Wildman–Crippen MR) is 63.1 cm³/mol. The Labute approximate surface area is 92.4 Å². The van der Waals surface area contributed by atoms with Crippen LogP contribution in [0.4, 0.5) is 0 Å². The minimum absolute atomic E-state index is 0.332. The van der Waals surface area contributed by atoms with Gasteiger partial charge in [-0.15, -0.1) is 0 Å². The van der Waals surface area contributed by atoms with Crippen molar-refractivity contribution in [3.05, 3.63) is 23.5 Å². The van der Waals surface area contributed by atoms with Gasteiger partial charge in [-0.3, -0.25) is 4.98 Å². The van der Waals surface area contributed by atoms with Crippen LogP contribution >= 0.6 is 0 Å². The van der Waals surface area contributed by atoms with E-state index in [0.717, 1.165) is 30.5 Å². The molecule has 1 aromatic heterocycles. The van der Waals surface area contributed by atoms with Crippen molar-refractivity contribution in [3.63, 3.8) is 0 Å². The van der Waals surface area contributed by atoms with Gasteiger partial charge in [-0.2, -0.15) is 0 Å². The van der Waals surface area contributed by atoms with E-state index in [1.54, 1.807) is 0 Å². The number of hydrogen-bond acceptors (Lipinski definition) is 2. The molecule has 0 aromatic carbocycles. The van der Waals surface area contributed by atoms with E-state index in [1.807, 2.05) is 19.2 Å². The Hall–Kier alpha value is -1.05. The largest absolute Gasteiger partial charge is 0.506 e. The molecule has 0 bridgehead atoms. The lowest BCUT2D eigenvalue weighted by molar-refractivity contribution is 0.377. The molecule has 0 amide bonds. The van der Waals surface area contributed by atoms with E-state index in [9.17, 15) is 5.11 Å². The highest BCUT2D eigenvalue weighted by Crippen LogP contribution is 2.23. The molecule has 0 spiro atoms. The number of nitrogens with zero attached hydrogens (tertiary/aromatic N) is 1. The molecular formula is C13H21NO. The Bertz CT molecular complexity index is 326. The number of rotatable bonds is 3. The molecular weight excluding hydrogens is 186 g/mol. The average molecular weight is 207 g/mol. The fourth-order valence-corrected chi connectivity index (χ4v) is 1.45. The molecule has 0 saturated carbocycles. The van der Waals surface area contributed by atoms with Crippen molar-refractivity contribution in [2.75, 3.05) is 0 Å². The maximum atomic E-state index is 9.66. The quantitative estimate of drug-likeness (QED) is 0.824. The van der Waals surface area contributed by atoms with Crippen LogP contribution in [0.15, 0.2) is 12.3 Å². The van der Waals surface area contributed by atoms with E-state index in [4.69, 9.17) is 0 Å². The zero-order chi connectivity index (χ0) is 11.5. The summed E-state index contributed by atoms with van der Waals surface area (Å²) in [6.45, 7) is 8.67. The third-order valence-electron chi connectivity index (χ3n) is 2.50. The first-order valence-electron chi connectivity index (χ1n) is 5.59. The summed E-state index contributed by atoms with van der Waals surface area (Å²) in [7, 11) is 0. The number of aromatic nitrogens is 1. The highest BCUT2D eigenvalue weighted by molar-refractivity contribution is 5.30. The minimum atomic E-state index is 0.332. The summed E-state index contributed by atoms with van der Waals surface area (Å²) in [5.41, 5.74) is 2.24. The Kier molecular flexibility index (Phi) is 3.72. The third kappa shape index (κ3) is 3.90. The van der Waals surface area contributed by atoms with Crippen LogP contribution in [0.25, 0.3) is 0 Å². The van der Waals surface area contributed by atoms with Crippen LogP contribution in [0.1, 0.15) is 45.4 Å². The van der Waals surface area contributed by atoms with Gasteiger partial charge < -0.3 is 5.11 Å². The summed E-state index contributed by atoms with van der Waals surface area (Å²) in [4.78, 5) is 4.25. The van der Waals surface area contributed by atoms with Crippen molar-refractivity contribution >= 4 is 0 Å². The van der Waals surface area contributed by atoms with Crippen LogP contribution < -0.4 is 0 Å². The van der Waals surface area contributed by atoms with E-state index < -0.39 is 0 Å². The van der Waals surface area contributed by atoms with Gasteiger partial charge in [-0.1, -0.05) is 27.7 Å². The zero-order valence-corrected chi connectivity index (χ0v) is 10.2. The monoisotopic (exact) mass is 207 g/mol. The minimum Gasteiger partial charge on any atom is -0.506 e. The van der Waals surface area contributed by atoms with Crippen molar-refractivity contribution in [3.8, 4) is 5.75 Å². The van der Waals surface area contributed by atoms with Crippen LogP contribution in [-0.4, -0.2) is 10.1 Å². The zero-order valence-electron chi connectivity index (χ0n) is 10.2. The average Bonchev–Trinajstić information content (AvgIpc) is 2.14. The van der Waals surface area contributed by atoms with Crippen molar-refractivity contribution in [1.29, 1.82) is 0 Å². The summed E-state index contributed by atoms with van der Waals surface area (Å²) in [6, 6.07) is 1.84. The van der Waals surface area contributed by atoms with Crippen LogP contribution in [0.5, 0.6) is 5.75 Å². The molecule has 1 heterocycles. The molecule has 0 aliphatic heterocycles. The third-order valence-corrected chi connectivity index (χ3v) is 2.50. The number of aryl methyl sites for hydroxylation is 2. The van der Waals surface area contributed by atoms with E-state index in [2.05, 4.69) is 25.8 Å². The van der Waals surface area contributed by atoms with Crippen LogP contribution in [0.2, 0.25) is 0 Å². The van der Waals surface area contributed by atoms with Crippen LogP contribution in [0.3, 0.4) is 0 Å². The highest BCUT2D eigenvalue weighted by Gasteiger charge is 2.11. The maximum Gasteiger partial charge on any atom is 0.137 e. The van der Waals surface area contributed by atoms with Crippen molar-refractivity contribution in [2.24, 2.45) is 5.41 Å². The molecule has 0 aliphatic carbocycles. The summed E-state index contributed by atoms with van der Waals surface area (Å²) in [6.07, 6.45) is 4.75. The van der Waals surface area contributed by atoms with Gasteiger partial charge in [0, 0.05) is 6.20 Å². The van der Waals surface area contributed by atoms with E-state index in [0.29, 0.717) is 11.2 Å². The maximum absolute atomic E-state index is 9.66. The summed E-state index contributed by atoms with van der Waals surface area (Å²) in [5.74, 6) is 0.337. The molecule has 2 heteroatoms. The van der Waals surface area contributed by atoms with Gasteiger partial charge in [0.05, 0.1) is 5.69 Å². The van der Waals surface area contributed by atoms with Gasteiger partial charge in [0.1, 0.15) is 5.75 Å². The second-order valence-corrected chi connectivity index (χ2v) is 5.22. The Morgan fingerprint density at radius 1 is 1.33 bits per heavy atom. The smallest absolute Gasteiger partial charge is 0.137 e. The second-order valence-electron chi connectivity index (χ2n) is 5.22. The van der Waals surface area contributed by atoms with E-state index >= 15 is 0 Å². The first-order chi connectivity index (χ1) is 6.92. The molecule has 0 fully saturated rings. The van der Waals surface area contributed by atoms with Gasteiger partial charge in [0.15, 0.2) is 0 Å². The molecule has 0 unspecified atom stereocenters. The molecule has 0 atom stereocenters. The lowest BCUT2D eigenvalue weighted by Gasteiger charge is -2.17. The summed E-state index contributed by atoms with van der Waals surface area (Å²) in [5, 5.41) is 9.66. The Morgan fingerprint density at radius 2 is 2.00 bits per heavy atom. The van der Waals surface area contributed by atoms with Crippen molar-refractivity contribution in [1.82, 2.24) is 4.98 Å². The fraction of sp³-hybridized carbons (Fsp3) is 0.615. The van der Waals surface area contributed by atoms with Gasteiger partial charge in [0.25, 0.3) is 0 Å². The molecule has 0 aliphatic rings. The number of hydrogen-bond donors (Lipinski definition) is 1. The fourth-order valence-electron chi connectivity index (χ4n) is 1.45. The number of aromatic hydroxyl groups is 1. The SMILES string of the molecule is CCc1ncc(CCC(C)(C)C)cc1O. The molecule has 15 heavy (non-hydrogen) atoms. The first-order valence-corrected chi connectivity index (χ1v) is 5.59. The predicted octanol–water partition coefficient (Wildman–Crippen LogP) is 3.33. The molecule has 0 saturated heterocycles. The molecule has 2 nitrogen and oxygen atoms in total. The normalized spacial score (nSPS) is 11.7. The van der Waals surface area contributed by atoms with E-state index in [1.165, 1.54) is 0 Å². The van der Waals surface area contributed by atoms with E-state index in [-0.39, 0.29) is 0 Å². The van der Waals surface area contributed by atoms with Gasteiger partial charge in [-0.25, -0.2) is 0 Å². The van der Waals surface area contributed by atoms with Crippen molar-refractivity contribution in [2.45, 2.75) is 47.0 Å². The molecule has 0 radical (unpaired) electrons. The van der Waals surface area contributed by atoms with Crippen LogP contribution in [0, 0.1) is 5.41 Å².